The number of amides is 1. The quantitative estimate of drug-likeness (QED) is 0.331. The summed E-state index contributed by atoms with van der Waals surface area (Å²) in [5.41, 5.74) is 5.44. The maximum atomic E-state index is 12.3. The summed E-state index contributed by atoms with van der Waals surface area (Å²) < 4.78 is 9.99. The molecule has 0 aliphatic heterocycles. The van der Waals surface area contributed by atoms with Crippen molar-refractivity contribution in [2.75, 3.05) is 6.54 Å². The number of unbranched alkanes of at least 4 members (excludes halogenated alkanes) is 1. The number of esters is 2. The van der Waals surface area contributed by atoms with E-state index in [-0.39, 0.29) is 23.6 Å². The number of benzene rings is 1. The molecule has 0 aliphatic carbocycles. The van der Waals surface area contributed by atoms with Crippen LogP contribution in [0.4, 0.5) is 0 Å². The van der Waals surface area contributed by atoms with Crippen LogP contribution in [0.15, 0.2) is 18.2 Å². The molecule has 0 aliphatic rings. The lowest BCUT2D eigenvalue weighted by atomic mass is 10.1. The van der Waals surface area contributed by atoms with Crippen LogP contribution in [0.25, 0.3) is 0 Å². The third-order valence-electron chi connectivity index (χ3n) is 3.27. The SMILES string of the molecule is CC(=O)Oc1cccc(C(=O)NCCCC[C@H](N)C(=O)O)c1OC(C)=O. The first kappa shape index (κ1) is 21.1. The van der Waals surface area contributed by atoms with Gasteiger partial charge in [-0.2, -0.15) is 0 Å². The minimum Gasteiger partial charge on any atom is -0.480 e. The molecule has 1 rings (SSSR count). The molecule has 1 atom stereocenters. The van der Waals surface area contributed by atoms with E-state index in [1.807, 2.05) is 0 Å². The molecule has 0 saturated carbocycles. The average molecular weight is 366 g/mol. The second-order valence-corrected chi connectivity index (χ2v) is 5.52. The van der Waals surface area contributed by atoms with Gasteiger partial charge in [0.25, 0.3) is 5.91 Å². The lowest BCUT2D eigenvalue weighted by Gasteiger charge is -2.13. The van der Waals surface area contributed by atoms with Crippen LogP contribution < -0.4 is 20.5 Å². The number of carbonyl (C=O) groups is 4. The van der Waals surface area contributed by atoms with E-state index in [1.165, 1.54) is 25.1 Å². The number of nitrogens with one attached hydrogen (secondary N) is 1. The molecule has 0 radical (unpaired) electrons. The molecule has 0 aromatic heterocycles. The Hall–Kier alpha value is -2.94. The lowest BCUT2D eigenvalue weighted by Crippen LogP contribution is -2.30. The Morgan fingerprint density at radius 1 is 1.12 bits per heavy atom. The van der Waals surface area contributed by atoms with E-state index >= 15 is 0 Å². The first-order chi connectivity index (χ1) is 12.2. The predicted octanol–water partition coefficient (Wildman–Crippen LogP) is 0.849. The maximum absolute atomic E-state index is 12.3. The molecule has 26 heavy (non-hydrogen) atoms. The van der Waals surface area contributed by atoms with E-state index in [9.17, 15) is 19.2 Å². The molecular formula is C17H22N2O7. The van der Waals surface area contributed by atoms with E-state index in [0.29, 0.717) is 19.3 Å². The van der Waals surface area contributed by atoms with Crippen molar-refractivity contribution < 1.29 is 33.8 Å². The average Bonchev–Trinajstić information content (AvgIpc) is 2.54. The van der Waals surface area contributed by atoms with Crippen LogP contribution in [0.3, 0.4) is 0 Å². The molecule has 9 nitrogen and oxygen atoms in total. The minimum atomic E-state index is -1.07. The van der Waals surface area contributed by atoms with Crippen LogP contribution in [-0.2, 0) is 14.4 Å². The Balaban J connectivity index is 2.73. The monoisotopic (exact) mass is 366 g/mol. The van der Waals surface area contributed by atoms with Crippen molar-refractivity contribution in [1.29, 1.82) is 0 Å². The van der Waals surface area contributed by atoms with Gasteiger partial charge in [-0.25, -0.2) is 0 Å². The van der Waals surface area contributed by atoms with Gasteiger partial charge in [0.15, 0.2) is 11.5 Å². The Morgan fingerprint density at radius 3 is 2.35 bits per heavy atom. The number of hydrogen-bond donors (Lipinski definition) is 3. The molecule has 0 saturated heterocycles. The van der Waals surface area contributed by atoms with Crippen molar-refractivity contribution in [1.82, 2.24) is 5.32 Å². The molecule has 1 aromatic carbocycles. The number of rotatable bonds is 9. The van der Waals surface area contributed by atoms with Crippen LogP contribution in [0, 0.1) is 0 Å². The summed E-state index contributed by atoms with van der Waals surface area (Å²) >= 11 is 0. The van der Waals surface area contributed by atoms with Gasteiger partial charge >= 0.3 is 17.9 Å². The van der Waals surface area contributed by atoms with Crippen LogP contribution >= 0.6 is 0 Å². The molecule has 0 heterocycles. The number of hydrogen-bond acceptors (Lipinski definition) is 7. The van der Waals surface area contributed by atoms with Gasteiger partial charge in [-0.15, -0.1) is 0 Å². The predicted molar refractivity (Wildman–Crippen MR) is 90.9 cm³/mol. The smallest absolute Gasteiger partial charge is 0.320 e. The molecule has 1 amide bonds. The Kier molecular flexibility index (Phi) is 8.23. The molecule has 0 fully saturated rings. The summed E-state index contributed by atoms with van der Waals surface area (Å²) in [5, 5.41) is 11.3. The van der Waals surface area contributed by atoms with Crippen LogP contribution in [-0.4, -0.2) is 41.5 Å². The van der Waals surface area contributed by atoms with Gasteiger partial charge in [-0.05, 0) is 31.4 Å². The highest BCUT2D eigenvalue weighted by atomic mass is 16.6. The first-order valence-corrected chi connectivity index (χ1v) is 7.98. The zero-order chi connectivity index (χ0) is 19.7. The fraction of sp³-hybridized carbons (Fsp3) is 0.412. The number of carbonyl (C=O) groups excluding carboxylic acids is 3. The van der Waals surface area contributed by atoms with Gasteiger partial charge in [0.1, 0.15) is 6.04 Å². The minimum absolute atomic E-state index is 0.0345. The van der Waals surface area contributed by atoms with E-state index in [2.05, 4.69) is 5.32 Å². The summed E-state index contributed by atoms with van der Waals surface area (Å²) in [6.07, 6.45) is 1.35. The largest absolute Gasteiger partial charge is 0.480 e. The summed E-state index contributed by atoms with van der Waals surface area (Å²) in [6, 6.07) is 3.40. The first-order valence-electron chi connectivity index (χ1n) is 7.98. The van der Waals surface area contributed by atoms with Crippen molar-refractivity contribution in [2.45, 2.75) is 39.2 Å². The van der Waals surface area contributed by atoms with E-state index in [4.69, 9.17) is 20.3 Å². The third-order valence-corrected chi connectivity index (χ3v) is 3.27. The lowest BCUT2D eigenvalue weighted by molar-refractivity contribution is -0.138. The van der Waals surface area contributed by atoms with Crippen molar-refractivity contribution >= 4 is 23.8 Å². The normalized spacial score (nSPS) is 11.3. The standard InChI is InChI=1S/C17H22N2O7/c1-10(20)25-14-8-5-6-12(15(14)26-11(2)21)16(22)19-9-4-3-7-13(18)17(23)24/h5-6,8,13H,3-4,7,9,18H2,1-2H3,(H,19,22)(H,23,24)/t13-/m0/s1. The number of carboxylic acids is 1. The highest BCUT2D eigenvalue weighted by molar-refractivity contribution is 5.98. The molecule has 0 spiro atoms. The third kappa shape index (κ3) is 6.89. The summed E-state index contributed by atoms with van der Waals surface area (Å²) in [4.78, 5) is 45.4. The molecular weight excluding hydrogens is 344 g/mol. The number of nitrogens with two attached hydrogens (primary N) is 1. The van der Waals surface area contributed by atoms with E-state index in [0.717, 1.165) is 6.92 Å². The van der Waals surface area contributed by atoms with Gasteiger partial charge in [0, 0.05) is 20.4 Å². The zero-order valence-electron chi connectivity index (χ0n) is 14.6. The number of para-hydroxylation sites is 1. The highest BCUT2D eigenvalue weighted by Crippen LogP contribution is 2.31. The highest BCUT2D eigenvalue weighted by Gasteiger charge is 2.20. The van der Waals surface area contributed by atoms with Gasteiger partial charge in [-0.3, -0.25) is 19.2 Å². The van der Waals surface area contributed by atoms with Gasteiger partial charge in [0.05, 0.1) is 5.56 Å². The van der Waals surface area contributed by atoms with Crippen LogP contribution in [0.2, 0.25) is 0 Å². The van der Waals surface area contributed by atoms with Crippen molar-refractivity contribution in [3.05, 3.63) is 23.8 Å². The molecule has 0 unspecified atom stereocenters. The van der Waals surface area contributed by atoms with Crippen LogP contribution in [0.1, 0.15) is 43.5 Å². The number of ether oxygens (including phenoxy) is 2. The number of aliphatic carboxylic acids is 1. The van der Waals surface area contributed by atoms with Gasteiger partial charge in [0.2, 0.25) is 0 Å². The van der Waals surface area contributed by atoms with Crippen LogP contribution in [0.5, 0.6) is 11.5 Å². The van der Waals surface area contributed by atoms with Gasteiger partial charge < -0.3 is 25.6 Å². The van der Waals surface area contributed by atoms with Gasteiger partial charge in [-0.1, -0.05) is 6.07 Å². The zero-order valence-corrected chi connectivity index (χ0v) is 14.6. The Labute approximate surface area is 150 Å². The van der Waals surface area contributed by atoms with Crippen molar-refractivity contribution in [3.63, 3.8) is 0 Å². The van der Waals surface area contributed by atoms with E-state index in [1.54, 1.807) is 0 Å². The van der Waals surface area contributed by atoms with Crippen molar-refractivity contribution in [3.8, 4) is 11.5 Å². The molecule has 142 valence electrons. The van der Waals surface area contributed by atoms with E-state index < -0.39 is 29.9 Å². The molecule has 4 N–H and O–H groups in total. The molecule has 1 aromatic rings. The second kappa shape index (κ2) is 10.1. The fourth-order valence-corrected chi connectivity index (χ4v) is 2.09. The second-order valence-electron chi connectivity index (χ2n) is 5.52. The fourth-order valence-electron chi connectivity index (χ4n) is 2.09. The summed E-state index contributed by atoms with van der Waals surface area (Å²) in [6.45, 7) is 2.63. The Bertz CT molecular complexity index is 688. The molecule has 9 heteroatoms. The summed E-state index contributed by atoms with van der Waals surface area (Å²) in [5.74, 6) is -3.04. The summed E-state index contributed by atoms with van der Waals surface area (Å²) in [7, 11) is 0. The molecule has 0 bridgehead atoms. The Morgan fingerprint density at radius 2 is 1.77 bits per heavy atom. The van der Waals surface area contributed by atoms with Crippen molar-refractivity contribution in [2.24, 2.45) is 5.73 Å². The maximum Gasteiger partial charge on any atom is 0.320 e. The number of carboxylic acid groups (broad SMARTS) is 1. The topological polar surface area (TPSA) is 145 Å².